The zero-order valence-corrected chi connectivity index (χ0v) is 15.9. The van der Waals surface area contributed by atoms with Gasteiger partial charge in [0.2, 0.25) is 0 Å². The van der Waals surface area contributed by atoms with Crippen LogP contribution in [0.1, 0.15) is 20.3 Å². The van der Waals surface area contributed by atoms with Gasteiger partial charge in [0.1, 0.15) is 0 Å². The molecule has 19 heavy (non-hydrogen) atoms. The SMILES string of the molecule is CC(CC1=C(C)SCCS1)=C1SC2=C(SCCS2)S1. The Morgan fingerprint density at radius 3 is 2.11 bits per heavy atom. The van der Waals surface area contributed by atoms with Crippen molar-refractivity contribution in [2.45, 2.75) is 20.3 Å². The molecule has 6 heteroatoms. The number of thioether (sulfide) groups is 6. The van der Waals surface area contributed by atoms with E-state index in [1.807, 2.05) is 58.8 Å². The summed E-state index contributed by atoms with van der Waals surface area (Å²) in [5, 5.41) is 0. The summed E-state index contributed by atoms with van der Waals surface area (Å²) in [6.45, 7) is 4.61. The molecule has 3 heterocycles. The quantitative estimate of drug-likeness (QED) is 0.551. The van der Waals surface area contributed by atoms with Crippen LogP contribution < -0.4 is 0 Å². The Labute approximate surface area is 141 Å². The minimum atomic E-state index is 1.16. The largest absolute Gasteiger partial charge is 0.129 e. The fourth-order valence-electron chi connectivity index (χ4n) is 1.92. The van der Waals surface area contributed by atoms with Crippen molar-refractivity contribution in [1.82, 2.24) is 0 Å². The Morgan fingerprint density at radius 1 is 0.895 bits per heavy atom. The summed E-state index contributed by atoms with van der Waals surface area (Å²) < 4.78 is 4.67. The van der Waals surface area contributed by atoms with E-state index in [0.29, 0.717) is 0 Å². The first-order valence-electron chi connectivity index (χ1n) is 6.24. The van der Waals surface area contributed by atoms with E-state index in [9.17, 15) is 0 Å². The van der Waals surface area contributed by atoms with Gasteiger partial charge in [-0.15, -0.1) is 47.0 Å². The first-order valence-corrected chi connectivity index (χ1v) is 11.8. The molecule has 104 valence electrons. The molecular formula is C13H16S6. The second-order valence-corrected chi connectivity index (χ2v) is 11.9. The fraction of sp³-hybridized carbons (Fsp3) is 0.538. The predicted molar refractivity (Wildman–Crippen MR) is 102 cm³/mol. The van der Waals surface area contributed by atoms with Gasteiger partial charge in [-0.3, -0.25) is 0 Å². The molecule has 0 amide bonds. The molecule has 0 nitrogen and oxygen atoms in total. The van der Waals surface area contributed by atoms with E-state index in [4.69, 9.17) is 0 Å². The van der Waals surface area contributed by atoms with Crippen LogP contribution in [0.25, 0.3) is 0 Å². The highest BCUT2D eigenvalue weighted by Crippen LogP contribution is 2.60. The van der Waals surface area contributed by atoms with Crippen molar-refractivity contribution in [3.63, 3.8) is 0 Å². The number of allylic oxidation sites excluding steroid dienone is 3. The third kappa shape index (κ3) is 3.75. The normalized spacial score (nSPS) is 24.0. The lowest BCUT2D eigenvalue weighted by Gasteiger charge is -2.17. The van der Waals surface area contributed by atoms with Crippen molar-refractivity contribution in [3.8, 4) is 0 Å². The second-order valence-electron chi connectivity index (χ2n) is 4.40. The van der Waals surface area contributed by atoms with Gasteiger partial charge >= 0.3 is 0 Å². The molecule has 3 aliphatic heterocycles. The summed E-state index contributed by atoms with van der Waals surface area (Å²) in [5.41, 5.74) is 1.56. The summed E-state index contributed by atoms with van der Waals surface area (Å²) in [6.07, 6.45) is 1.16. The molecule has 0 aromatic heterocycles. The van der Waals surface area contributed by atoms with Crippen LogP contribution in [0.3, 0.4) is 0 Å². The van der Waals surface area contributed by atoms with Gasteiger partial charge in [0.05, 0.1) is 12.7 Å². The van der Waals surface area contributed by atoms with Crippen molar-refractivity contribution >= 4 is 70.6 Å². The van der Waals surface area contributed by atoms with Crippen LogP contribution in [0.2, 0.25) is 0 Å². The first-order chi connectivity index (χ1) is 9.24. The van der Waals surface area contributed by atoms with E-state index in [2.05, 4.69) is 25.6 Å². The van der Waals surface area contributed by atoms with Gasteiger partial charge in [-0.25, -0.2) is 0 Å². The third-order valence-electron chi connectivity index (χ3n) is 2.93. The lowest BCUT2D eigenvalue weighted by Crippen LogP contribution is -1.96. The van der Waals surface area contributed by atoms with Gasteiger partial charge in [0, 0.05) is 29.4 Å². The minimum Gasteiger partial charge on any atom is -0.129 e. The molecule has 0 spiro atoms. The van der Waals surface area contributed by atoms with Gasteiger partial charge in [-0.05, 0) is 29.2 Å². The Hall–Kier alpha value is 1.32. The zero-order chi connectivity index (χ0) is 13.2. The standard InChI is InChI=1S/C13H16S6/c1-8(7-10-9(2)14-3-4-15-10)11-18-12-13(19-11)17-6-5-16-12/h3-7H2,1-2H3. The third-order valence-corrected chi connectivity index (χ3v) is 11.7. The van der Waals surface area contributed by atoms with E-state index in [-0.39, 0.29) is 0 Å². The molecule has 0 unspecified atom stereocenters. The maximum Gasteiger partial charge on any atom is 0.0660 e. The Kier molecular flexibility index (Phi) is 5.65. The molecule has 3 aliphatic rings. The summed E-state index contributed by atoms with van der Waals surface area (Å²) in [6, 6.07) is 0. The lowest BCUT2D eigenvalue weighted by molar-refractivity contribution is 1.18. The Balaban J connectivity index is 1.71. The van der Waals surface area contributed by atoms with Crippen molar-refractivity contribution in [2.75, 3.05) is 23.0 Å². The number of hydrogen-bond acceptors (Lipinski definition) is 6. The van der Waals surface area contributed by atoms with E-state index >= 15 is 0 Å². The summed E-state index contributed by atoms with van der Waals surface area (Å²) in [5.74, 6) is 5.11. The highest BCUT2D eigenvalue weighted by Gasteiger charge is 2.26. The molecule has 0 fully saturated rings. The molecule has 3 rings (SSSR count). The topological polar surface area (TPSA) is 0 Å². The van der Waals surface area contributed by atoms with Crippen LogP contribution in [-0.2, 0) is 0 Å². The molecule has 0 bridgehead atoms. The molecule has 0 radical (unpaired) electrons. The summed E-state index contributed by atoms with van der Waals surface area (Å²) >= 11 is 12.2. The van der Waals surface area contributed by atoms with Crippen molar-refractivity contribution in [3.05, 3.63) is 28.1 Å². The highest BCUT2D eigenvalue weighted by molar-refractivity contribution is 8.41. The predicted octanol–water partition coefficient (Wildman–Crippen LogP) is 6.41. The highest BCUT2D eigenvalue weighted by atomic mass is 32.3. The van der Waals surface area contributed by atoms with Gasteiger partial charge in [0.15, 0.2) is 0 Å². The van der Waals surface area contributed by atoms with E-state index in [1.54, 1.807) is 28.1 Å². The number of hydrogen-bond donors (Lipinski definition) is 0. The molecule has 0 N–H and O–H groups in total. The average molecular weight is 365 g/mol. The van der Waals surface area contributed by atoms with E-state index in [0.717, 1.165) is 6.42 Å². The van der Waals surface area contributed by atoms with Crippen LogP contribution in [0.4, 0.5) is 0 Å². The van der Waals surface area contributed by atoms with Crippen LogP contribution in [0.5, 0.6) is 0 Å². The van der Waals surface area contributed by atoms with Gasteiger partial charge < -0.3 is 0 Å². The van der Waals surface area contributed by atoms with Crippen molar-refractivity contribution in [2.24, 2.45) is 0 Å². The van der Waals surface area contributed by atoms with E-state index in [1.165, 1.54) is 23.0 Å². The van der Waals surface area contributed by atoms with Crippen LogP contribution >= 0.6 is 70.6 Å². The molecular weight excluding hydrogens is 349 g/mol. The minimum absolute atomic E-state index is 1.16. The zero-order valence-electron chi connectivity index (χ0n) is 11.0. The van der Waals surface area contributed by atoms with Gasteiger partial charge in [-0.2, -0.15) is 0 Å². The molecule has 0 aliphatic carbocycles. The van der Waals surface area contributed by atoms with Gasteiger partial charge in [-0.1, -0.05) is 23.5 Å². The molecule has 0 aromatic carbocycles. The molecule has 0 atom stereocenters. The molecule has 0 saturated carbocycles. The van der Waals surface area contributed by atoms with Crippen LogP contribution in [0.15, 0.2) is 28.1 Å². The fourth-order valence-corrected chi connectivity index (χ4v) is 10.2. The maximum atomic E-state index is 2.32. The van der Waals surface area contributed by atoms with Gasteiger partial charge in [0.25, 0.3) is 0 Å². The van der Waals surface area contributed by atoms with Crippen LogP contribution in [-0.4, -0.2) is 23.0 Å². The molecule has 0 saturated heterocycles. The molecule has 0 aromatic rings. The summed E-state index contributed by atoms with van der Waals surface area (Å²) in [4.78, 5) is 3.15. The monoisotopic (exact) mass is 364 g/mol. The maximum absolute atomic E-state index is 2.32. The first kappa shape index (κ1) is 15.2. The number of rotatable bonds is 2. The second kappa shape index (κ2) is 7.05. The lowest BCUT2D eigenvalue weighted by atomic mass is 10.2. The van der Waals surface area contributed by atoms with E-state index < -0.39 is 0 Å². The summed E-state index contributed by atoms with van der Waals surface area (Å²) in [7, 11) is 0. The smallest absolute Gasteiger partial charge is 0.0660 e. The average Bonchev–Trinajstić information content (AvgIpc) is 2.85. The van der Waals surface area contributed by atoms with Crippen molar-refractivity contribution in [1.29, 1.82) is 0 Å². The van der Waals surface area contributed by atoms with Crippen molar-refractivity contribution < 1.29 is 0 Å². The van der Waals surface area contributed by atoms with Crippen LogP contribution in [0, 0.1) is 0 Å². The Morgan fingerprint density at radius 2 is 1.47 bits per heavy atom. The Bertz CT molecular complexity index is 454.